The predicted molar refractivity (Wildman–Crippen MR) is 62.0 cm³/mol. The van der Waals surface area contributed by atoms with Crippen molar-refractivity contribution in [1.29, 1.82) is 0 Å². The lowest BCUT2D eigenvalue weighted by Crippen LogP contribution is -2.24. The first kappa shape index (κ1) is 11.0. The molecule has 0 radical (unpaired) electrons. The van der Waals surface area contributed by atoms with Gasteiger partial charge in [-0.15, -0.1) is 0 Å². The van der Waals surface area contributed by atoms with Gasteiger partial charge in [-0.2, -0.15) is 0 Å². The van der Waals surface area contributed by atoms with Crippen LogP contribution in [0.1, 0.15) is 31.0 Å². The number of nitrogens with one attached hydrogen (secondary N) is 2. The van der Waals surface area contributed by atoms with Crippen molar-refractivity contribution in [3.63, 3.8) is 0 Å². The van der Waals surface area contributed by atoms with Gasteiger partial charge in [-0.3, -0.25) is 0 Å². The Bertz CT molecular complexity index is 380. The lowest BCUT2D eigenvalue weighted by atomic mass is 10.1. The molecule has 0 aliphatic carbocycles. The minimum absolute atomic E-state index is 0.195. The molecule has 0 bridgehead atoms. The van der Waals surface area contributed by atoms with Gasteiger partial charge in [-0.25, -0.2) is 4.98 Å². The maximum absolute atomic E-state index is 5.44. The van der Waals surface area contributed by atoms with E-state index in [0.29, 0.717) is 0 Å². The van der Waals surface area contributed by atoms with E-state index in [4.69, 9.17) is 4.42 Å². The van der Waals surface area contributed by atoms with Crippen LogP contribution in [0.3, 0.4) is 0 Å². The summed E-state index contributed by atoms with van der Waals surface area (Å²) in [5.74, 6) is 1.94. The zero-order chi connectivity index (χ0) is 11.2. The molecule has 4 nitrogen and oxygen atoms in total. The molecule has 0 saturated carbocycles. The molecule has 2 aromatic rings. The lowest BCUT2D eigenvalue weighted by Gasteiger charge is -2.14. The van der Waals surface area contributed by atoms with E-state index in [0.717, 1.165) is 31.0 Å². The highest BCUT2D eigenvalue weighted by Crippen LogP contribution is 2.17. The van der Waals surface area contributed by atoms with Crippen LogP contribution in [0.15, 0.2) is 35.2 Å². The summed E-state index contributed by atoms with van der Waals surface area (Å²) < 4.78 is 5.44. The Kier molecular flexibility index (Phi) is 3.77. The van der Waals surface area contributed by atoms with E-state index in [1.165, 1.54) is 0 Å². The monoisotopic (exact) mass is 219 g/mol. The number of rotatable bonds is 6. The molecule has 1 atom stereocenters. The third-order valence-corrected chi connectivity index (χ3v) is 2.48. The second kappa shape index (κ2) is 5.51. The SMILES string of the molecule is CCCNC(Cc1ncc[nH]1)c1ccco1. The Labute approximate surface area is 95.1 Å². The average molecular weight is 219 g/mol. The van der Waals surface area contributed by atoms with Crippen LogP contribution in [0, 0.1) is 0 Å². The lowest BCUT2D eigenvalue weighted by molar-refractivity contribution is 0.406. The highest BCUT2D eigenvalue weighted by Gasteiger charge is 2.14. The highest BCUT2D eigenvalue weighted by atomic mass is 16.3. The number of furan rings is 1. The van der Waals surface area contributed by atoms with E-state index in [2.05, 4.69) is 22.2 Å². The van der Waals surface area contributed by atoms with Crippen LogP contribution >= 0.6 is 0 Å². The van der Waals surface area contributed by atoms with E-state index in [9.17, 15) is 0 Å². The van der Waals surface area contributed by atoms with Crippen molar-refractivity contribution < 1.29 is 4.42 Å². The smallest absolute Gasteiger partial charge is 0.121 e. The van der Waals surface area contributed by atoms with Crippen molar-refractivity contribution in [2.45, 2.75) is 25.8 Å². The van der Waals surface area contributed by atoms with Crippen LogP contribution in [0.25, 0.3) is 0 Å². The fourth-order valence-corrected chi connectivity index (χ4v) is 1.68. The van der Waals surface area contributed by atoms with Crippen molar-refractivity contribution >= 4 is 0 Å². The Balaban J connectivity index is 2.03. The van der Waals surface area contributed by atoms with Gasteiger partial charge in [0.25, 0.3) is 0 Å². The van der Waals surface area contributed by atoms with Crippen molar-refractivity contribution in [3.05, 3.63) is 42.4 Å². The molecule has 2 heterocycles. The standard InChI is InChI=1S/C12H17N3O/c1-2-5-13-10(11-4-3-8-16-11)9-12-14-6-7-15-12/h3-4,6-8,10,13H,2,5,9H2,1H3,(H,14,15). The fourth-order valence-electron chi connectivity index (χ4n) is 1.68. The Morgan fingerprint density at radius 3 is 3.12 bits per heavy atom. The van der Waals surface area contributed by atoms with E-state index in [1.807, 2.05) is 18.3 Å². The first-order valence-corrected chi connectivity index (χ1v) is 5.65. The molecule has 0 amide bonds. The predicted octanol–water partition coefficient (Wildman–Crippen LogP) is 2.29. The molecule has 86 valence electrons. The van der Waals surface area contributed by atoms with Crippen LogP contribution in [0.2, 0.25) is 0 Å². The van der Waals surface area contributed by atoms with Gasteiger partial charge in [0, 0.05) is 18.8 Å². The van der Waals surface area contributed by atoms with Crippen LogP contribution < -0.4 is 5.32 Å². The van der Waals surface area contributed by atoms with Crippen molar-refractivity contribution in [3.8, 4) is 0 Å². The van der Waals surface area contributed by atoms with Crippen LogP contribution in [0.5, 0.6) is 0 Å². The number of H-pyrrole nitrogens is 1. The van der Waals surface area contributed by atoms with Gasteiger partial charge in [0.2, 0.25) is 0 Å². The first-order valence-electron chi connectivity index (χ1n) is 5.65. The minimum Gasteiger partial charge on any atom is -0.468 e. The molecular weight excluding hydrogens is 202 g/mol. The summed E-state index contributed by atoms with van der Waals surface area (Å²) in [6.45, 7) is 3.13. The number of hydrogen-bond donors (Lipinski definition) is 2. The number of nitrogens with zero attached hydrogens (tertiary/aromatic N) is 1. The number of hydrogen-bond acceptors (Lipinski definition) is 3. The fraction of sp³-hybridized carbons (Fsp3) is 0.417. The van der Waals surface area contributed by atoms with Gasteiger partial charge in [0.1, 0.15) is 11.6 Å². The molecule has 0 saturated heterocycles. The van der Waals surface area contributed by atoms with Crippen LogP contribution in [-0.4, -0.2) is 16.5 Å². The van der Waals surface area contributed by atoms with E-state index in [1.54, 1.807) is 12.5 Å². The zero-order valence-electron chi connectivity index (χ0n) is 9.44. The third-order valence-electron chi connectivity index (χ3n) is 2.48. The Morgan fingerprint density at radius 2 is 2.50 bits per heavy atom. The molecule has 2 rings (SSSR count). The van der Waals surface area contributed by atoms with E-state index >= 15 is 0 Å². The highest BCUT2D eigenvalue weighted by molar-refractivity contribution is 5.07. The largest absolute Gasteiger partial charge is 0.468 e. The summed E-state index contributed by atoms with van der Waals surface area (Å²) in [6.07, 6.45) is 7.25. The maximum atomic E-state index is 5.44. The number of imidazole rings is 1. The molecular formula is C12H17N3O. The maximum Gasteiger partial charge on any atom is 0.121 e. The average Bonchev–Trinajstić information content (AvgIpc) is 2.96. The summed E-state index contributed by atoms with van der Waals surface area (Å²) >= 11 is 0. The molecule has 0 fully saturated rings. The third kappa shape index (κ3) is 2.73. The normalized spacial score (nSPS) is 12.8. The van der Waals surface area contributed by atoms with E-state index in [-0.39, 0.29) is 6.04 Å². The summed E-state index contributed by atoms with van der Waals surface area (Å²) in [5.41, 5.74) is 0. The molecule has 0 aliphatic rings. The molecule has 0 spiro atoms. The zero-order valence-corrected chi connectivity index (χ0v) is 9.44. The molecule has 0 aromatic carbocycles. The quantitative estimate of drug-likeness (QED) is 0.783. The topological polar surface area (TPSA) is 53.9 Å². The number of aromatic amines is 1. The second-order valence-electron chi connectivity index (χ2n) is 3.76. The minimum atomic E-state index is 0.195. The molecule has 4 heteroatoms. The molecule has 1 unspecified atom stereocenters. The molecule has 2 N–H and O–H groups in total. The molecule has 0 aliphatic heterocycles. The van der Waals surface area contributed by atoms with Gasteiger partial charge in [0.05, 0.1) is 12.3 Å². The van der Waals surface area contributed by atoms with Gasteiger partial charge < -0.3 is 14.7 Å². The summed E-state index contributed by atoms with van der Waals surface area (Å²) in [4.78, 5) is 7.35. The summed E-state index contributed by atoms with van der Waals surface area (Å²) in [5, 5.41) is 3.46. The Morgan fingerprint density at radius 1 is 1.56 bits per heavy atom. The summed E-state index contributed by atoms with van der Waals surface area (Å²) in [7, 11) is 0. The van der Waals surface area contributed by atoms with Gasteiger partial charge >= 0.3 is 0 Å². The molecule has 16 heavy (non-hydrogen) atoms. The Hall–Kier alpha value is -1.55. The first-order chi connectivity index (χ1) is 7.90. The van der Waals surface area contributed by atoms with Crippen LogP contribution in [0.4, 0.5) is 0 Å². The van der Waals surface area contributed by atoms with Crippen molar-refractivity contribution in [2.75, 3.05) is 6.54 Å². The van der Waals surface area contributed by atoms with Crippen molar-refractivity contribution in [2.24, 2.45) is 0 Å². The molecule has 2 aromatic heterocycles. The number of aromatic nitrogens is 2. The summed E-state index contributed by atoms with van der Waals surface area (Å²) in [6, 6.07) is 4.11. The van der Waals surface area contributed by atoms with E-state index < -0.39 is 0 Å². The van der Waals surface area contributed by atoms with Gasteiger partial charge in [-0.1, -0.05) is 6.92 Å². The van der Waals surface area contributed by atoms with Crippen LogP contribution in [-0.2, 0) is 6.42 Å². The van der Waals surface area contributed by atoms with Gasteiger partial charge in [-0.05, 0) is 25.1 Å². The van der Waals surface area contributed by atoms with Crippen molar-refractivity contribution in [1.82, 2.24) is 15.3 Å². The second-order valence-corrected chi connectivity index (χ2v) is 3.76. The van der Waals surface area contributed by atoms with Gasteiger partial charge in [0.15, 0.2) is 0 Å².